The molecule has 3 aliphatic heterocycles. The summed E-state index contributed by atoms with van der Waals surface area (Å²) in [5.74, 6) is 0.280. The second kappa shape index (κ2) is 8.76. The Morgan fingerprint density at radius 1 is 1.15 bits per heavy atom. The molecule has 1 fully saturated rings. The molecular formula is C25H30N6OS. The number of nitrogens with one attached hydrogen (secondary N) is 3. The second-order valence-electron chi connectivity index (χ2n) is 9.01. The highest BCUT2D eigenvalue weighted by Crippen LogP contribution is 2.36. The number of aryl methyl sites for hydroxylation is 3. The van der Waals surface area contributed by atoms with Gasteiger partial charge in [-0.25, -0.2) is 5.43 Å². The predicted molar refractivity (Wildman–Crippen MR) is 134 cm³/mol. The Morgan fingerprint density at radius 3 is 2.85 bits per heavy atom. The second-order valence-corrected chi connectivity index (χ2v) is 9.95. The number of anilines is 1. The first-order chi connectivity index (χ1) is 15.9. The van der Waals surface area contributed by atoms with Crippen molar-refractivity contribution in [2.75, 3.05) is 11.1 Å². The van der Waals surface area contributed by atoms with E-state index in [4.69, 9.17) is 0 Å². The predicted octanol–water partition coefficient (Wildman–Crippen LogP) is 3.90. The lowest BCUT2D eigenvalue weighted by molar-refractivity contribution is -0.113. The SMILES string of the molecule is Cc1ccc(C)c(C2CC3C4NN=C(SCC(=O)Nc5cccc(C)c5C)N4C=CN3N2)c1. The number of nitrogens with zero attached hydrogens (tertiary/aromatic N) is 3. The highest BCUT2D eigenvalue weighted by Gasteiger charge is 2.44. The van der Waals surface area contributed by atoms with Crippen molar-refractivity contribution in [3.63, 3.8) is 0 Å². The van der Waals surface area contributed by atoms with Gasteiger partial charge in [0.15, 0.2) is 5.17 Å². The van der Waals surface area contributed by atoms with Crippen LogP contribution in [-0.4, -0.2) is 38.9 Å². The number of hydrogen-bond donors (Lipinski definition) is 3. The Labute approximate surface area is 199 Å². The van der Waals surface area contributed by atoms with Gasteiger partial charge in [-0.15, -0.1) is 0 Å². The van der Waals surface area contributed by atoms with E-state index in [2.05, 4.69) is 69.4 Å². The highest BCUT2D eigenvalue weighted by atomic mass is 32.2. The smallest absolute Gasteiger partial charge is 0.234 e. The summed E-state index contributed by atoms with van der Waals surface area (Å²) in [6.07, 6.45) is 5.13. The molecule has 33 heavy (non-hydrogen) atoms. The molecule has 0 radical (unpaired) electrons. The molecule has 7 nitrogen and oxygen atoms in total. The van der Waals surface area contributed by atoms with Crippen molar-refractivity contribution >= 4 is 28.5 Å². The van der Waals surface area contributed by atoms with Crippen LogP contribution < -0.4 is 16.2 Å². The summed E-state index contributed by atoms with van der Waals surface area (Å²) < 4.78 is 0. The largest absolute Gasteiger partial charge is 0.325 e. The molecule has 3 heterocycles. The molecule has 172 valence electrons. The first-order valence-electron chi connectivity index (χ1n) is 11.3. The molecule has 1 saturated heterocycles. The number of amidine groups is 1. The highest BCUT2D eigenvalue weighted by molar-refractivity contribution is 8.14. The molecule has 3 N–H and O–H groups in total. The van der Waals surface area contributed by atoms with Gasteiger partial charge in [0.2, 0.25) is 5.91 Å². The lowest BCUT2D eigenvalue weighted by Gasteiger charge is -2.36. The van der Waals surface area contributed by atoms with Crippen molar-refractivity contribution in [2.24, 2.45) is 5.10 Å². The minimum atomic E-state index is -0.0278. The van der Waals surface area contributed by atoms with E-state index >= 15 is 0 Å². The third-order valence-electron chi connectivity index (χ3n) is 6.73. The molecule has 5 rings (SSSR count). The molecule has 8 heteroatoms. The molecule has 1 amide bonds. The number of thioether (sulfide) groups is 1. The number of rotatable bonds is 4. The molecule has 3 unspecified atom stereocenters. The molecule has 2 aromatic carbocycles. The minimum Gasteiger partial charge on any atom is -0.325 e. The number of hydrazone groups is 1. The molecule has 0 aliphatic carbocycles. The summed E-state index contributed by atoms with van der Waals surface area (Å²) in [4.78, 5) is 14.7. The fourth-order valence-electron chi connectivity index (χ4n) is 4.69. The topological polar surface area (TPSA) is 72.0 Å². The van der Waals surface area contributed by atoms with E-state index in [0.29, 0.717) is 5.75 Å². The van der Waals surface area contributed by atoms with E-state index in [1.165, 1.54) is 34.0 Å². The molecule has 0 aromatic heterocycles. The Balaban J connectivity index is 1.21. The maximum Gasteiger partial charge on any atom is 0.234 e. The summed E-state index contributed by atoms with van der Waals surface area (Å²) in [6.45, 7) is 8.39. The van der Waals surface area contributed by atoms with Crippen LogP contribution in [0.5, 0.6) is 0 Å². The molecule has 3 atom stereocenters. The molecular weight excluding hydrogens is 432 g/mol. The average Bonchev–Trinajstić information content (AvgIpc) is 3.41. The Bertz CT molecular complexity index is 1150. The monoisotopic (exact) mass is 462 g/mol. The molecule has 0 bridgehead atoms. The molecule has 0 spiro atoms. The number of carbonyl (C=O) groups is 1. The molecule has 0 saturated carbocycles. The average molecular weight is 463 g/mol. The standard InChI is InChI=1S/C25H30N6OS/c1-15-8-9-17(3)19(12-15)21-13-22-24-27-28-25(30(24)10-11-31(22)29-21)33-14-23(32)26-20-7-5-6-16(2)18(20)4/h5-12,21-22,24,27,29H,13-14H2,1-4H3,(H,26,32). The van der Waals surface area contributed by atoms with Gasteiger partial charge in [0, 0.05) is 18.1 Å². The van der Waals surface area contributed by atoms with E-state index in [0.717, 1.165) is 22.8 Å². The van der Waals surface area contributed by atoms with Gasteiger partial charge in [0.05, 0.1) is 17.8 Å². The van der Waals surface area contributed by atoms with Crippen LogP contribution in [-0.2, 0) is 4.79 Å². The van der Waals surface area contributed by atoms with Crippen LogP contribution in [0, 0.1) is 27.7 Å². The van der Waals surface area contributed by atoms with Crippen molar-refractivity contribution in [3.8, 4) is 0 Å². The Morgan fingerprint density at radius 2 is 2.00 bits per heavy atom. The van der Waals surface area contributed by atoms with Gasteiger partial charge in [-0.3, -0.25) is 10.2 Å². The van der Waals surface area contributed by atoms with Crippen molar-refractivity contribution in [1.29, 1.82) is 0 Å². The summed E-state index contributed by atoms with van der Waals surface area (Å²) >= 11 is 1.45. The number of fused-ring (bicyclic) bond motifs is 3. The van der Waals surface area contributed by atoms with Gasteiger partial charge in [-0.2, -0.15) is 5.10 Å². The zero-order chi connectivity index (χ0) is 23.1. The first kappa shape index (κ1) is 21.9. The van der Waals surface area contributed by atoms with E-state index in [-0.39, 0.29) is 24.2 Å². The number of hydrogen-bond acceptors (Lipinski definition) is 7. The summed E-state index contributed by atoms with van der Waals surface area (Å²) in [5.41, 5.74) is 14.0. The summed E-state index contributed by atoms with van der Waals surface area (Å²) in [5, 5.41) is 10.6. The maximum absolute atomic E-state index is 12.6. The van der Waals surface area contributed by atoms with Crippen LogP contribution in [0.1, 0.15) is 40.3 Å². The van der Waals surface area contributed by atoms with E-state index in [9.17, 15) is 4.79 Å². The van der Waals surface area contributed by atoms with Gasteiger partial charge >= 0.3 is 0 Å². The normalized spacial score (nSPS) is 23.2. The maximum atomic E-state index is 12.6. The van der Waals surface area contributed by atoms with Crippen molar-refractivity contribution in [1.82, 2.24) is 20.8 Å². The van der Waals surface area contributed by atoms with E-state index < -0.39 is 0 Å². The Hall–Kier alpha value is -2.97. The minimum absolute atomic E-state index is 0.0278. The van der Waals surface area contributed by atoms with Crippen molar-refractivity contribution in [2.45, 2.75) is 52.4 Å². The third-order valence-corrected chi connectivity index (χ3v) is 7.69. The molecule has 2 aromatic rings. The van der Waals surface area contributed by atoms with Gasteiger partial charge in [0.25, 0.3) is 0 Å². The van der Waals surface area contributed by atoms with Gasteiger partial charge in [-0.05, 0) is 62.4 Å². The van der Waals surface area contributed by atoms with Crippen LogP contribution >= 0.6 is 11.8 Å². The van der Waals surface area contributed by atoms with Crippen molar-refractivity contribution < 1.29 is 4.79 Å². The van der Waals surface area contributed by atoms with E-state index in [1.54, 1.807) is 0 Å². The van der Waals surface area contributed by atoms with Crippen LogP contribution in [0.4, 0.5) is 5.69 Å². The summed E-state index contributed by atoms with van der Waals surface area (Å²) in [6, 6.07) is 13.1. The third kappa shape index (κ3) is 4.20. The van der Waals surface area contributed by atoms with Crippen molar-refractivity contribution in [3.05, 3.63) is 76.6 Å². The van der Waals surface area contributed by atoms with Gasteiger partial charge in [-0.1, -0.05) is 47.7 Å². The van der Waals surface area contributed by atoms with Crippen LogP contribution in [0.25, 0.3) is 0 Å². The van der Waals surface area contributed by atoms with Gasteiger partial charge < -0.3 is 15.2 Å². The first-order valence-corrected chi connectivity index (χ1v) is 12.3. The fraction of sp³-hybridized carbons (Fsp3) is 0.360. The summed E-state index contributed by atoms with van der Waals surface area (Å²) in [7, 11) is 0. The number of amides is 1. The number of carbonyl (C=O) groups excluding carboxylic acids is 1. The van der Waals surface area contributed by atoms with Gasteiger partial charge in [0.1, 0.15) is 6.17 Å². The lowest BCUT2D eigenvalue weighted by atomic mass is 9.95. The quantitative estimate of drug-likeness (QED) is 0.640. The van der Waals surface area contributed by atoms with Crippen LogP contribution in [0.3, 0.4) is 0 Å². The lowest BCUT2D eigenvalue weighted by Crippen LogP contribution is -2.54. The zero-order valence-electron chi connectivity index (χ0n) is 19.4. The van der Waals surface area contributed by atoms with E-state index in [1.807, 2.05) is 38.2 Å². The molecule has 3 aliphatic rings. The number of hydrazine groups is 1. The Kier molecular flexibility index (Phi) is 5.80. The zero-order valence-corrected chi connectivity index (χ0v) is 20.2. The number of benzene rings is 2. The van der Waals surface area contributed by atoms with Crippen LogP contribution in [0.15, 0.2) is 53.9 Å². The fourth-order valence-corrected chi connectivity index (χ4v) is 5.46. The van der Waals surface area contributed by atoms with Crippen LogP contribution in [0.2, 0.25) is 0 Å².